The van der Waals surface area contributed by atoms with Crippen LogP contribution in [0.5, 0.6) is 0 Å². The summed E-state index contributed by atoms with van der Waals surface area (Å²) in [6.45, 7) is 8.36. The fraction of sp³-hybridized carbons (Fsp3) is 0.800. The van der Waals surface area contributed by atoms with E-state index in [1.54, 1.807) is 13.8 Å². The summed E-state index contributed by atoms with van der Waals surface area (Å²) in [5, 5.41) is 26.8. The van der Waals surface area contributed by atoms with Gasteiger partial charge < -0.3 is 31.9 Å². The smallest absolute Gasteiger partial charge is 0.326 e. The molecule has 7 N–H and O–H groups in total. The quantitative estimate of drug-likeness (QED) is 0.204. The van der Waals surface area contributed by atoms with Crippen molar-refractivity contribution in [2.24, 2.45) is 17.6 Å². The molecule has 3 amide bonds. The van der Waals surface area contributed by atoms with Gasteiger partial charge in [0.2, 0.25) is 17.7 Å². The Bertz CT molecular complexity index is 614. The number of aliphatic carboxylic acids is 1. The standard InChI is InChI=1S/C20H38N4O6S/c1-10(2)9-14(18(27)23-15(11(3)4)20(29)30)22-19(28)16(12(5)25)24-17(26)13(21)7-8-31-6/h10-16,25H,7-9,21H2,1-6H3,(H,22,28)(H,23,27)(H,24,26)(H,29,30). The van der Waals surface area contributed by atoms with Crippen LogP contribution in [0.25, 0.3) is 0 Å². The van der Waals surface area contributed by atoms with Gasteiger partial charge in [0.1, 0.15) is 18.1 Å². The van der Waals surface area contributed by atoms with E-state index in [0.717, 1.165) is 0 Å². The number of carboxylic acid groups (broad SMARTS) is 1. The van der Waals surface area contributed by atoms with Gasteiger partial charge in [-0.15, -0.1) is 0 Å². The largest absolute Gasteiger partial charge is 0.480 e. The molecular formula is C20H38N4O6S. The number of carbonyl (C=O) groups is 4. The number of nitrogens with two attached hydrogens (primary N) is 1. The van der Waals surface area contributed by atoms with Crippen molar-refractivity contribution in [3.8, 4) is 0 Å². The molecule has 0 bridgehead atoms. The number of aliphatic hydroxyl groups is 1. The molecule has 31 heavy (non-hydrogen) atoms. The van der Waals surface area contributed by atoms with Crippen molar-refractivity contribution in [2.45, 2.75) is 77.7 Å². The van der Waals surface area contributed by atoms with Gasteiger partial charge in [-0.3, -0.25) is 14.4 Å². The highest BCUT2D eigenvalue weighted by Gasteiger charge is 2.33. The second-order valence-electron chi connectivity index (χ2n) is 8.37. The van der Waals surface area contributed by atoms with E-state index in [4.69, 9.17) is 5.73 Å². The van der Waals surface area contributed by atoms with Crippen LogP contribution in [0, 0.1) is 11.8 Å². The van der Waals surface area contributed by atoms with Crippen LogP contribution in [0.3, 0.4) is 0 Å². The molecule has 0 radical (unpaired) electrons. The summed E-state index contributed by atoms with van der Waals surface area (Å²) in [6.07, 6.45) is 1.30. The van der Waals surface area contributed by atoms with Gasteiger partial charge >= 0.3 is 5.97 Å². The van der Waals surface area contributed by atoms with E-state index in [2.05, 4.69) is 16.0 Å². The molecule has 0 aliphatic carbocycles. The third-order valence-corrected chi connectivity index (χ3v) is 5.25. The molecule has 0 aliphatic heterocycles. The zero-order chi connectivity index (χ0) is 24.3. The summed E-state index contributed by atoms with van der Waals surface area (Å²) < 4.78 is 0. The Balaban J connectivity index is 5.37. The minimum atomic E-state index is -1.31. The van der Waals surface area contributed by atoms with Gasteiger partial charge in [-0.25, -0.2) is 4.79 Å². The van der Waals surface area contributed by atoms with Crippen LogP contribution in [0.1, 0.15) is 47.5 Å². The second-order valence-corrected chi connectivity index (χ2v) is 9.36. The first-order valence-corrected chi connectivity index (χ1v) is 11.8. The topological polar surface area (TPSA) is 171 Å². The highest BCUT2D eigenvalue weighted by molar-refractivity contribution is 7.98. The molecular weight excluding hydrogens is 424 g/mol. The minimum absolute atomic E-state index is 0.0120. The van der Waals surface area contributed by atoms with Crippen molar-refractivity contribution in [3.05, 3.63) is 0 Å². The third-order valence-electron chi connectivity index (χ3n) is 4.60. The maximum Gasteiger partial charge on any atom is 0.326 e. The van der Waals surface area contributed by atoms with Crippen molar-refractivity contribution in [1.29, 1.82) is 0 Å². The molecule has 180 valence electrons. The summed E-state index contributed by atoms with van der Waals surface area (Å²) in [5.41, 5.74) is 5.82. The third kappa shape index (κ3) is 10.8. The van der Waals surface area contributed by atoms with Crippen LogP contribution in [0.2, 0.25) is 0 Å². The van der Waals surface area contributed by atoms with E-state index in [0.29, 0.717) is 12.2 Å². The van der Waals surface area contributed by atoms with E-state index >= 15 is 0 Å². The Hall–Kier alpha value is -1.85. The van der Waals surface area contributed by atoms with Crippen LogP contribution >= 0.6 is 11.8 Å². The molecule has 5 unspecified atom stereocenters. The van der Waals surface area contributed by atoms with Crippen LogP contribution in [0.15, 0.2) is 0 Å². The van der Waals surface area contributed by atoms with Gasteiger partial charge in [-0.1, -0.05) is 27.7 Å². The van der Waals surface area contributed by atoms with Gasteiger partial charge in [-0.05, 0) is 43.6 Å². The van der Waals surface area contributed by atoms with Crippen molar-refractivity contribution >= 4 is 35.5 Å². The van der Waals surface area contributed by atoms with Crippen molar-refractivity contribution in [3.63, 3.8) is 0 Å². The van der Waals surface area contributed by atoms with Crippen molar-refractivity contribution in [1.82, 2.24) is 16.0 Å². The predicted octanol–water partition coefficient (Wildman–Crippen LogP) is -0.311. The molecule has 11 heteroatoms. The van der Waals surface area contributed by atoms with Gasteiger partial charge in [-0.2, -0.15) is 11.8 Å². The Morgan fingerprint density at radius 2 is 1.45 bits per heavy atom. The van der Waals surface area contributed by atoms with Crippen molar-refractivity contribution in [2.75, 3.05) is 12.0 Å². The second kappa shape index (κ2) is 14.3. The Labute approximate surface area is 188 Å². The van der Waals surface area contributed by atoms with Gasteiger partial charge in [0.25, 0.3) is 0 Å². The number of nitrogens with one attached hydrogen (secondary N) is 3. The predicted molar refractivity (Wildman–Crippen MR) is 120 cm³/mol. The molecule has 0 aromatic rings. The summed E-state index contributed by atoms with van der Waals surface area (Å²) in [6, 6.07) is -4.29. The summed E-state index contributed by atoms with van der Waals surface area (Å²) in [7, 11) is 0. The maximum absolute atomic E-state index is 12.8. The van der Waals surface area contributed by atoms with Gasteiger partial charge in [0.05, 0.1) is 12.1 Å². The first-order chi connectivity index (χ1) is 14.3. The molecule has 0 aromatic heterocycles. The molecule has 0 heterocycles. The highest BCUT2D eigenvalue weighted by Crippen LogP contribution is 2.09. The average Bonchev–Trinajstić information content (AvgIpc) is 2.65. The monoisotopic (exact) mass is 462 g/mol. The lowest BCUT2D eigenvalue weighted by molar-refractivity contribution is -0.143. The van der Waals surface area contributed by atoms with E-state index in [1.807, 2.05) is 20.1 Å². The lowest BCUT2D eigenvalue weighted by Gasteiger charge is -2.27. The molecule has 0 saturated heterocycles. The lowest BCUT2D eigenvalue weighted by atomic mass is 10.00. The average molecular weight is 463 g/mol. The normalized spacial score (nSPS) is 16.2. The molecule has 0 spiro atoms. The Morgan fingerprint density at radius 1 is 0.903 bits per heavy atom. The zero-order valence-electron chi connectivity index (χ0n) is 19.2. The minimum Gasteiger partial charge on any atom is -0.480 e. The molecule has 0 aliphatic rings. The summed E-state index contributed by atoms with van der Waals surface area (Å²) in [5.74, 6) is -2.83. The van der Waals surface area contributed by atoms with E-state index in [-0.39, 0.29) is 18.3 Å². The van der Waals surface area contributed by atoms with E-state index in [9.17, 15) is 29.4 Å². The number of aliphatic hydroxyl groups excluding tert-OH is 1. The fourth-order valence-electron chi connectivity index (χ4n) is 2.77. The molecule has 0 rings (SSSR count). The first kappa shape index (κ1) is 29.1. The highest BCUT2D eigenvalue weighted by atomic mass is 32.2. The van der Waals surface area contributed by atoms with Gasteiger partial charge in [0, 0.05) is 0 Å². The summed E-state index contributed by atoms with van der Waals surface area (Å²) in [4.78, 5) is 49.2. The molecule has 0 aromatic carbocycles. The van der Waals surface area contributed by atoms with E-state index < -0.39 is 54.0 Å². The maximum atomic E-state index is 12.8. The lowest BCUT2D eigenvalue weighted by Crippen LogP contribution is -2.60. The van der Waals surface area contributed by atoms with Crippen LogP contribution in [-0.4, -0.2) is 76.2 Å². The zero-order valence-corrected chi connectivity index (χ0v) is 20.0. The molecule has 5 atom stereocenters. The SMILES string of the molecule is CSCCC(N)C(=O)NC(C(=O)NC(CC(C)C)C(=O)NC(C(=O)O)C(C)C)C(C)O. The summed E-state index contributed by atoms with van der Waals surface area (Å²) >= 11 is 1.53. The molecule has 0 saturated carbocycles. The van der Waals surface area contributed by atoms with E-state index in [1.165, 1.54) is 18.7 Å². The molecule has 0 fully saturated rings. The number of amides is 3. The first-order valence-electron chi connectivity index (χ1n) is 10.4. The fourth-order valence-corrected chi connectivity index (χ4v) is 3.26. The van der Waals surface area contributed by atoms with Crippen LogP contribution in [-0.2, 0) is 19.2 Å². The van der Waals surface area contributed by atoms with Crippen LogP contribution < -0.4 is 21.7 Å². The Morgan fingerprint density at radius 3 is 1.87 bits per heavy atom. The van der Waals surface area contributed by atoms with Crippen molar-refractivity contribution < 1.29 is 29.4 Å². The Kier molecular flexibility index (Phi) is 13.4. The number of carbonyl (C=O) groups excluding carboxylic acids is 3. The van der Waals surface area contributed by atoms with Crippen LogP contribution in [0.4, 0.5) is 0 Å². The van der Waals surface area contributed by atoms with Gasteiger partial charge in [0.15, 0.2) is 0 Å². The number of thioether (sulfide) groups is 1. The number of hydrogen-bond acceptors (Lipinski definition) is 7. The number of rotatable bonds is 14. The number of hydrogen-bond donors (Lipinski definition) is 6. The molecule has 10 nitrogen and oxygen atoms in total. The number of carboxylic acids is 1.